The van der Waals surface area contributed by atoms with E-state index in [0.717, 1.165) is 16.5 Å². The Bertz CT molecular complexity index is 1260. The molecule has 1 saturated heterocycles. The molecule has 1 aromatic heterocycles. The Morgan fingerprint density at radius 1 is 1.16 bits per heavy atom. The number of hydrogen-bond acceptors (Lipinski definition) is 6. The maximum Gasteiger partial charge on any atom is 0.412 e. The van der Waals surface area contributed by atoms with E-state index in [1.165, 1.54) is 11.8 Å². The molecule has 0 unspecified atom stereocenters. The van der Waals surface area contributed by atoms with E-state index in [1.54, 1.807) is 51.2 Å². The Hall–Kier alpha value is -3.65. The number of carbonyl (C=O) groups is 2. The highest BCUT2D eigenvalue weighted by Gasteiger charge is 2.24. The third kappa shape index (κ3) is 5.33. The number of fused-ring (bicyclic) bond motifs is 1. The quantitative estimate of drug-likeness (QED) is 0.520. The van der Waals surface area contributed by atoms with Gasteiger partial charge in [0, 0.05) is 11.6 Å². The van der Waals surface area contributed by atoms with Gasteiger partial charge in [0.1, 0.15) is 5.60 Å². The van der Waals surface area contributed by atoms with Crippen molar-refractivity contribution >= 4 is 57.3 Å². The number of amides is 2. The van der Waals surface area contributed by atoms with Gasteiger partial charge in [0.15, 0.2) is 5.17 Å². The van der Waals surface area contributed by atoms with E-state index in [1.807, 2.05) is 36.4 Å². The summed E-state index contributed by atoms with van der Waals surface area (Å²) >= 11 is 1.24. The van der Waals surface area contributed by atoms with Crippen molar-refractivity contribution in [1.82, 2.24) is 10.3 Å². The molecule has 0 atom stereocenters. The molecule has 3 aromatic rings. The molecule has 1 aliphatic rings. The van der Waals surface area contributed by atoms with Crippen LogP contribution >= 0.6 is 11.8 Å². The summed E-state index contributed by atoms with van der Waals surface area (Å²) in [6.45, 7) is 5.38. The van der Waals surface area contributed by atoms with Crippen LogP contribution in [0.25, 0.3) is 17.0 Å². The van der Waals surface area contributed by atoms with Gasteiger partial charge in [-0.2, -0.15) is 0 Å². The smallest absolute Gasteiger partial charge is 0.412 e. The normalized spacial score (nSPS) is 16.4. The van der Waals surface area contributed by atoms with Gasteiger partial charge >= 0.3 is 6.09 Å². The Balaban J connectivity index is 1.54. The fraction of sp³-hybridized carbons (Fsp3) is 0.167. The van der Waals surface area contributed by atoms with E-state index in [2.05, 4.69) is 20.6 Å². The van der Waals surface area contributed by atoms with E-state index in [9.17, 15) is 9.59 Å². The van der Waals surface area contributed by atoms with Crippen molar-refractivity contribution in [2.75, 3.05) is 5.32 Å². The number of pyridine rings is 1. The van der Waals surface area contributed by atoms with Crippen LogP contribution in [-0.2, 0) is 9.53 Å². The minimum atomic E-state index is -0.612. The van der Waals surface area contributed by atoms with Crippen LogP contribution in [0.3, 0.4) is 0 Å². The second-order valence-corrected chi connectivity index (χ2v) is 9.11. The summed E-state index contributed by atoms with van der Waals surface area (Å²) in [5, 5.41) is 6.92. The SMILES string of the molecule is CC(C)(C)OC(=O)Nc1ccccc1N=C1NC(=O)/C(=C\c2ccc3ncccc3c2)S1. The zero-order valence-corrected chi connectivity index (χ0v) is 18.7. The van der Waals surface area contributed by atoms with Gasteiger partial charge in [0.25, 0.3) is 5.91 Å². The number of rotatable bonds is 3. The number of para-hydroxylation sites is 2. The van der Waals surface area contributed by atoms with Crippen molar-refractivity contribution in [1.29, 1.82) is 0 Å². The highest BCUT2D eigenvalue weighted by Crippen LogP contribution is 2.31. The van der Waals surface area contributed by atoms with E-state index in [-0.39, 0.29) is 5.91 Å². The van der Waals surface area contributed by atoms with E-state index >= 15 is 0 Å². The molecule has 0 aliphatic carbocycles. The zero-order valence-electron chi connectivity index (χ0n) is 17.9. The number of benzene rings is 2. The Labute approximate surface area is 190 Å². The lowest BCUT2D eigenvalue weighted by atomic mass is 10.1. The molecule has 2 amide bonds. The van der Waals surface area contributed by atoms with E-state index in [4.69, 9.17) is 4.74 Å². The number of hydrogen-bond donors (Lipinski definition) is 2. The van der Waals surface area contributed by atoms with Crippen LogP contribution in [0, 0.1) is 0 Å². The number of anilines is 1. The van der Waals surface area contributed by atoms with Gasteiger partial charge in [-0.1, -0.05) is 24.3 Å². The number of amidine groups is 1. The average molecular weight is 447 g/mol. The lowest BCUT2D eigenvalue weighted by Crippen LogP contribution is -2.27. The molecule has 162 valence electrons. The molecular weight excluding hydrogens is 424 g/mol. The summed E-state index contributed by atoms with van der Waals surface area (Å²) in [6.07, 6.45) is 3.00. The third-order valence-electron chi connectivity index (χ3n) is 4.34. The lowest BCUT2D eigenvalue weighted by molar-refractivity contribution is -0.115. The Morgan fingerprint density at radius 3 is 2.78 bits per heavy atom. The molecule has 0 saturated carbocycles. The molecular formula is C24H22N4O3S. The molecule has 1 aliphatic heterocycles. The summed E-state index contributed by atoms with van der Waals surface area (Å²) in [7, 11) is 0. The molecule has 4 rings (SSSR count). The Morgan fingerprint density at radius 2 is 1.97 bits per heavy atom. The summed E-state index contributed by atoms with van der Waals surface area (Å²) < 4.78 is 5.31. The first-order valence-corrected chi connectivity index (χ1v) is 10.8. The molecule has 0 bridgehead atoms. The van der Waals surface area contributed by atoms with Gasteiger partial charge in [0.2, 0.25) is 0 Å². The van der Waals surface area contributed by atoms with Gasteiger partial charge < -0.3 is 10.1 Å². The van der Waals surface area contributed by atoms with Crippen LogP contribution < -0.4 is 10.6 Å². The molecule has 32 heavy (non-hydrogen) atoms. The minimum absolute atomic E-state index is 0.224. The lowest BCUT2D eigenvalue weighted by Gasteiger charge is -2.20. The van der Waals surface area contributed by atoms with Crippen LogP contribution in [0.2, 0.25) is 0 Å². The van der Waals surface area contributed by atoms with Gasteiger partial charge in [-0.25, -0.2) is 9.79 Å². The number of thioether (sulfide) groups is 1. The van der Waals surface area contributed by atoms with Gasteiger partial charge in [-0.15, -0.1) is 0 Å². The molecule has 7 nitrogen and oxygen atoms in total. The van der Waals surface area contributed by atoms with E-state index < -0.39 is 11.7 Å². The second kappa shape index (κ2) is 8.84. The van der Waals surface area contributed by atoms with Gasteiger partial charge in [-0.3, -0.25) is 15.1 Å². The van der Waals surface area contributed by atoms with Crippen molar-refractivity contribution in [3.8, 4) is 0 Å². The van der Waals surface area contributed by atoms with Crippen molar-refractivity contribution in [2.24, 2.45) is 4.99 Å². The van der Waals surface area contributed by atoms with Crippen molar-refractivity contribution < 1.29 is 14.3 Å². The maximum atomic E-state index is 12.5. The summed E-state index contributed by atoms with van der Waals surface area (Å²) in [5.41, 5.74) is 2.19. The first-order valence-electron chi connectivity index (χ1n) is 10.0. The van der Waals surface area contributed by atoms with Crippen LogP contribution in [-0.4, -0.2) is 27.8 Å². The molecule has 2 heterocycles. The fourth-order valence-corrected chi connectivity index (χ4v) is 3.85. The Kier molecular flexibility index (Phi) is 5.96. The summed E-state index contributed by atoms with van der Waals surface area (Å²) in [4.78, 5) is 34.0. The fourth-order valence-electron chi connectivity index (χ4n) is 3.02. The summed E-state index contributed by atoms with van der Waals surface area (Å²) in [6, 6.07) is 16.8. The zero-order chi connectivity index (χ0) is 22.7. The predicted octanol–water partition coefficient (Wildman–Crippen LogP) is 5.47. The molecule has 8 heteroatoms. The third-order valence-corrected chi connectivity index (χ3v) is 5.25. The average Bonchev–Trinajstić information content (AvgIpc) is 3.06. The number of aliphatic imine (C=N–C) groups is 1. The largest absolute Gasteiger partial charge is 0.444 e. The predicted molar refractivity (Wildman–Crippen MR) is 129 cm³/mol. The van der Waals surface area contributed by atoms with Crippen LogP contribution in [0.5, 0.6) is 0 Å². The first-order chi connectivity index (χ1) is 15.3. The molecule has 1 fully saturated rings. The van der Waals surface area contributed by atoms with Crippen LogP contribution in [0.1, 0.15) is 26.3 Å². The van der Waals surface area contributed by atoms with Crippen LogP contribution in [0.15, 0.2) is 70.7 Å². The van der Waals surface area contributed by atoms with E-state index in [0.29, 0.717) is 21.4 Å². The number of nitrogens with zero attached hydrogens (tertiary/aromatic N) is 2. The molecule has 0 radical (unpaired) electrons. The first kappa shape index (κ1) is 21.6. The number of ether oxygens (including phenoxy) is 1. The number of aromatic nitrogens is 1. The standard InChI is InChI=1S/C24H22N4O3S/c1-24(2,3)31-23(30)27-19-9-5-4-8-18(19)26-22-28-21(29)20(32-22)14-15-10-11-17-16(13-15)7-6-12-25-17/h4-14H,1-3H3,(H,27,30)(H,26,28,29)/b20-14+. The molecule has 2 aromatic carbocycles. The topological polar surface area (TPSA) is 92.7 Å². The minimum Gasteiger partial charge on any atom is -0.444 e. The van der Waals surface area contributed by atoms with Crippen molar-refractivity contribution in [2.45, 2.75) is 26.4 Å². The van der Waals surface area contributed by atoms with Gasteiger partial charge in [0.05, 0.1) is 21.8 Å². The van der Waals surface area contributed by atoms with Gasteiger partial charge in [-0.05, 0) is 74.5 Å². The summed E-state index contributed by atoms with van der Waals surface area (Å²) in [5.74, 6) is -0.224. The van der Waals surface area contributed by atoms with Crippen molar-refractivity contribution in [3.63, 3.8) is 0 Å². The molecule has 0 spiro atoms. The monoisotopic (exact) mass is 446 g/mol. The molecule has 2 N–H and O–H groups in total. The highest BCUT2D eigenvalue weighted by molar-refractivity contribution is 8.18. The van der Waals surface area contributed by atoms with Crippen LogP contribution in [0.4, 0.5) is 16.2 Å². The number of carbonyl (C=O) groups excluding carboxylic acids is 2. The number of nitrogens with one attached hydrogen (secondary N) is 2. The second-order valence-electron chi connectivity index (χ2n) is 8.08. The highest BCUT2D eigenvalue weighted by atomic mass is 32.2. The van der Waals surface area contributed by atoms with Crippen molar-refractivity contribution in [3.05, 3.63) is 71.3 Å². The maximum absolute atomic E-state index is 12.5.